The summed E-state index contributed by atoms with van der Waals surface area (Å²) < 4.78 is 10.6. The van der Waals surface area contributed by atoms with Crippen LogP contribution in [0.25, 0.3) is 0 Å². The number of likely N-dealkylation sites (tertiary alicyclic amines) is 1. The molecule has 3 aliphatic rings. The normalized spacial score (nSPS) is 28.2. The highest BCUT2D eigenvalue weighted by molar-refractivity contribution is 6.15. The van der Waals surface area contributed by atoms with Gasteiger partial charge in [-0.25, -0.2) is 0 Å². The quantitative estimate of drug-likeness (QED) is 0.546. The Balaban J connectivity index is 1.47. The number of carbonyl (C=O) groups excluding carboxylic acids is 3. The van der Waals surface area contributed by atoms with Crippen LogP contribution >= 0.6 is 0 Å². The van der Waals surface area contributed by atoms with Gasteiger partial charge in [-0.2, -0.15) is 0 Å². The smallest absolute Gasteiger partial charge is 0.250 e. The number of hydrogen-bond acceptors (Lipinski definition) is 7. The van der Waals surface area contributed by atoms with Crippen molar-refractivity contribution in [2.24, 2.45) is 11.8 Å². The molecule has 2 fully saturated rings. The van der Waals surface area contributed by atoms with Gasteiger partial charge in [0.2, 0.25) is 17.7 Å². The van der Waals surface area contributed by atoms with E-state index in [4.69, 9.17) is 9.47 Å². The van der Waals surface area contributed by atoms with Crippen LogP contribution in [0.5, 0.6) is 11.5 Å². The van der Waals surface area contributed by atoms with E-state index in [1.807, 2.05) is 12.1 Å². The summed E-state index contributed by atoms with van der Waals surface area (Å²) in [5.74, 6) is -1.78. The molecule has 5 atom stereocenters. The third-order valence-corrected chi connectivity index (χ3v) is 7.24. The molecule has 3 unspecified atom stereocenters. The number of carbonyl (C=O) groups is 3. The molecule has 0 aliphatic carbocycles. The number of anilines is 1. The number of aliphatic hydroxyl groups is 1. The fourth-order valence-corrected chi connectivity index (χ4v) is 5.66. The summed E-state index contributed by atoms with van der Waals surface area (Å²) in [6, 6.07) is 11.9. The first-order chi connectivity index (χ1) is 16.3. The summed E-state index contributed by atoms with van der Waals surface area (Å²) in [5.41, 5.74) is 0.711. The molecule has 5 rings (SSSR count). The van der Waals surface area contributed by atoms with Gasteiger partial charge in [-0.05, 0) is 37.1 Å². The minimum atomic E-state index is -1.40. The number of fused-ring (bicyclic) bond motifs is 4. The third kappa shape index (κ3) is 3.04. The molecule has 3 aliphatic heterocycles. The summed E-state index contributed by atoms with van der Waals surface area (Å²) in [6.45, 7) is 1.72. The lowest BCUT2D eigenvalue weighted by molar-refractivity contribution is -0.143. The first-order valence-corrected chi connectivity index (χ1v) is 11.3. The lowest BCUT2D eigenvalue weighted by Gasteiger charge is -2.30. The van der Waals surface area contributed by atoms with Crippen LogP contribution in [0.1, 0.15) is 18.1 Å². The topological polar surface area (TPSA) is 117 Å². The SMILES string of the molecule is COc1ccc(CCN2C(=O)[C@@H]3C(C(C)O)NC4(C(=O)Nc5ccccc54)[C@@H]3C2=O)cc1OC. The number of benzene rings is 2. The molecular weight excluding hydrogens is 438 g/mol. The van der Waals surface area contributed by atoms with E-state index in [1.165, 1.54) is 4.90 Å². The van der Waals surface area contributed by atoms with Gasteiger partial charge in [0, 0.05) is 23.8 Å². The molecule has 2 aromatic rings. The van der Waals surface area contributed by atoms with Crippen LogP contribution in [0.2, 0.25) is 0 Å². The van der Waals surface area contributed by atoms with E-state index in [1.54, 1.807) is 51.5 Å². The first kappa shape index (κ1) is 22.4. The van der Waals surface area contributed by atoms with Gasteiger partial charge in [0.1, 0.15) is 5.54 Å². The Kier molecular flexibility index (Phi) is 5.33. The van der Waals surface area contributed by atoms with Crippen LogP contribution < -0.4 is 20.1 Å². The van der Waals surface area contributed by atoms with Crippen molar-refractivity contribution in [3.05, 3.63) is 53.6 Å². The van der Waals surface area contributed by atoms with Gasteiger partial charge in [-0.3, -0.25) is 24.6 Å². The minimum absolute atomic E-state index is 0.159. The predicted molar refractivity (Wildman–Crippen MR) is 122 cm³/mol. The van der Waals surface area contributed by atoms with Crippen molar-refractivity contribution in [2.45, 2.75) is 31.0 Å². The average Bonchev–Trinajstić information content (AvgIpc) is 3.42. The molecule has 0 saturated carbocycles. The molecule has 2 saturated heterocycles. The van der Waals surface area contributed by atoms with Crippen molar-refractivity contribution in [1.29, 1.82) is 0 Å². The molecule has 3 amide bonds. The summed E-state index contributed by atoms with van der Waals surface area (Å²) in [6.07, 6.45) is -0.519. The van der Waals surface area contributed by atoms with Gasteiger partial charge in [0.05, 0.1) is 32.2 Å². The highest BCUT2D eigenvalue weighted by Gasteiger charge is 2.70. The Hall–Kier alpha value is -3.43. The number of methoxy groups -OCH3 is 2. The van der Waals surface area contributed by atoms with E-state index in [9.17, 15) is 19.5 Å². The highest BCUT2D eigenvalue weighted by atomic mass is 16.5. The van der Waals surface area contributed by atoms with Gasteiger partial charge >= 0.3 is 0 Å². The maximum Gasteiger partial charge on any atom is 0.250 e. The summed E-state index contributed by atoms with van der Waals surface area (Å²) in [7, 11) is 3.10. The number of ether oxygens (including phenoxy) is 2. The fourth-order valence-electron chi connectivity index (χ4n) is 5.66. The number of para-hydroxylation sites is 1. The Morgan fingerprint density at radius 1 is 1.06 bits per heavy atom. The maximum atomic E-state index is 13.7. The predicted octanol–water partition coefficient (Wildman–Crippen LogP) is 1.05. The Bertz CT molecular complexity index is 1180. The van der Waals surface area contributed by atoms with Crippen LogP contribution in [0.4, 0.5) is 5.69 Å². The second-order valence-electron chi connectivity index (χ2n) is 8.99. The zero-order chi connectivity index (χ0) is 24.2. The Morgan fingerprint density at radius 2 is 1.79 bits per heavy atom. The van der Waals surface area contributed by atoms with Crippen molar-refractivity contribution < 1.29 is 29.0 Å². The molecular formula is C25H27N3O6. The molecule has 1 spiro atoms. The largest absolute Gasteiger partial charge is 0.493 e. The lowest BCUT2D eigenvalue weighted by atomic mass is 9.76. The molecule has 0 aromatic heterocycles. The van der Waals surface area contributed by atoms with E-state index in [0.717, 1.165) is 5.56 Å². The van der Waals surface area contributed by atoms with Crippen LogP contribution in [-0.2, 0) is 26.3 Å². The number of imide groups is 1. The molecule has 9 nitrogen and oxygen atoms in total. The van der Waals surface area contributed by atoms with Crippen LogP contribution in [0.15, 0.2) is 42.5 Å². The third-order valence-electron chi connectivity index (χ3n) is 7.24. The number of aliphatic hydroxyl groups excluding tert-OH is 1. The molecule has 34 heavy (non-hydrogen) atoms. The van der Waals surface area contributed by atoms with Crippen molar-refractivity contribution >= 4 is 23.4 Å². The van der Waals surface area contributed by atoms with Gasteiger partial charge < -0.3 is 19.9 Å². The van der Waals surface area contributed by atoms with Crippen molar-refractivity contribution in [2.75, 3.05) is 26.1 Å². The molecule has 178 valence electrons. The number of rotatable bonds is 6. The number of nitrogens with zero attached hydrogens (tertiary/aromatic N) is 1. The zero-order valence-electron chi connectivity index (χ0n) is 19.2. The van der Waals surface area contributed by atoms with Crippen molar-refractivity contribution in [3.8, 4) is 11.5 Å². The Labute approximate surface area is 197 Å². The standard InChI is InChI=1S/C25H27N3O6/c1-13(29)21-19-20(25(27-21)15-6-4-5-7-16(15)26-24(25)32)23(31)28(22(19)30)11-10-14-8-9-17(33-2)18(12-14)34-3/h4-9,12-13,19-21,27,29H,10-11H2,1-3H3,(H,26,32)/t13?,19-,20-,21?,25?/m0/s1. The van der Waals surface area contributed by atoms with Crippen LogP contribution in [-0.4, -0.2) is 60.6 Å². The molecule has 0 bridgehead atoms. The monoisotopic (exact) mass is 465 g/mol. The van der Waals surface area contributed by atoms with E-state index >= 15 is 0 Å². The Morgan fingerprint density at radius 3 is 2.50 bits per heavy atom. The summed E-state index contributed by atoms with van der Waals surface area (Å²) in [5, 5.41) is 16.5. The molecule has 3 heterocycles. The number of hydrogen-bond donors (Lipinski definition) is 3. The average molecular weight is 466 g/mol. The molecule has 2 aromatic carbocycles. The number of nitrogens with one attached hydrogen (secondary N) is 2. The van der Waals surface area contributed by atoms with Gasteiger partial charge in [-0.1, -0.05) is 24.3 Å². The van der Waals surface area contributed by atoms with E-state index < -0.39 is 35.4 Å². The molecule has 0 radical (unpaired) electrons. The summed E-state index contributed by atoms with van der Waals surface area (Å²) in [4.78, 5) is 41.7. The van der Waals surface area contributed by atoms with E-state index in [0.29, 0.717) is 29.2 Å². The van der Waals surface area contributed by atoms with Gasteiger partial charge in [0.25, 0.3) is 0 Å². The van der Waals surface area contributed by atoms with Gasteiger partial charge in [0.15, 0.2) is 11.5 Å². The fraction of sp³-hybridized carbons (Fsp3) is 0.400. The lowest BCUT2D eigenvalue weighted by Crippen LogP contribution is -2.54. The van der Waals surface area contributed by atoms with E-state index in [2.05, 4.69) is 10.6 Å². The highest BCUT2D eigenvalue weighted by Crippen LogP contribution is 2.53. The second-order valence-corrected chi connectivity index (χ2v) is 8.99. The number of amides is 3. The van der Waals surface area contributed by atoms with Gasteiger partial charge in [-0.15, -0.1) is 0 Å². The maximum absolute atomic E-state index is 13.7. The van der Waals surface area contributed by atoms with Crippen LogP contribution in [0.3, 0.4) is 0 Å². The molecule has 9 heteroatoms. The molecule has 3 N–H and O–H groups in total. The second kappa shape index (κ2) is 8.11. The van der Waals surface area contributed by atoms with Crippen LogP contribution in [0, 0.1) is 11.8 Å². The van der Waals surface area contributed by atoms with E-state index in [-0.39, 0.29) is 18.4 Å². The first-order valence-electron chi connectivity index (χ1n) is 11.3. The minimum Gasteiger partial charge on any atom is -0.493 e. The zero-order valence-corrected chi connectivity index (χ0v) is 19.2. The van der Waals surface area contributed by atoms with Crippen molar-refractivity contribution in [1.82, 2.24) is 10.2 Å². The van der Waals surface area contributed by atoms with Crippen molar-refractivity contribution in [3.63, 3.8) is 0 Å². The summed E-state index contributed by atoms with van der Waals surface area (Å²) >= 11 is 0.